The fourth-order valence-electron chi connectivity index (χ4n) is 3.25. The minimum Gasteiger partial charge on any atom is -0.384 e. The highest BCUT2D eigenvalue weighted by atomic mass is 19.3. The number of nitrogens with zero attached hydrogens (tertiary/aromatic N) is 3. The van der Waals surface area contributed by atoms with E-state index < -0.39 is 29.9 Å². The Hall–Kier alpha value is -3.04. The molecule has 0 radical (unpaired) electrons. The lowest BCUT2D eigenvalue weighted by Gasteiger charge is -2.33. The van der Waals surface area contributed by atoms with Gasteiger partial charge in [0, 0.05) is 30.0 Å². The van der Waals surface area contributed by atoms with Gasteiger partial charge in [0.1, 0.15) is 12.4 Å². The number of rotatable bonds is 8. The molecule has 0 aliphatic heterocycles. The fourth-order valence-corrected chi connectivity index (χ4v) is 3.25. The Kier molecular flexibility index (Phi) is 6.33. The minimum absolute atomic E-state index is 0.189. The van der Waals surface area contributed by atoms with Crippen LogP contribution < -0.4 is 21.9 Å². The summed E-state index contributed by atoms with van der Waals surface area (Å²) in [6.45, 7) is 2.74. The highest BCUT2D eigenvalue weighted by molar-refractivity contribution is 5.75. The first-order valence-corrected chi connectivity index (χ1v) is 9.84. The largest absolute Gasteiger partial charge is 0.384 e. The van der Waals surface area contributed by atoms with Gasteiger partial charge >= 0.3 is 0 Å². The van der Waals surface area contributed by atoms with E-state index in [-0.39, 0.29) is 18.9 Å². The molecule has 1 amide bonds. The summed E-state index contributed by atoms with van der Waals surface area (Å²) in [4.78, 5) is 33.1. The number of aryl methyl sites for hydroxylation is 2. The number of anilines is 2. The molecule has 0 unspecified atom stereocenters. The maximum Gasteiger partial charge on any atom is 0.293 e. The number of nitrogens with one attached hydrogen (secondary N) is 2. The van der Waals surface area contributed by atoms with E-state index in [9.17, 15) is 18.4 Å². The molecule has 4 N–H and O–H groups in total. The summed E-state index contributed by atoms with van der Waals surface area (Å²) in [6, 6.07) is 3.41. The monoisotopic (exact) mass is 420 g/mol. The number of pyridine rings is 1. The third-order valence-electron chi connectivity index (χ3n) is 5.44. The number of carbonyl (C=O) groups excluding carboxylic acids is 1. The summed E-state index contributed by atoms with van der Waals surface area (Å²) in [5.41, 5.74) is 6.96. The van der Waals surface area contributed by atoms with E-state index >= 15 is 0 Å². The van der Waals surface area contributed by atoms with Crippen molar-refractivity contribution in [2.45, 2.75) is 52.1 Å². The van der Waals surface area contributed by atoms with Gasteiger partial charge in [0.25, 0.3) is 11.5 Å². The Morgan fingerprint density at radius 1 is 1.33 bits per heavy atom. The van der Waals surface area contributed by atoms with Gasteiger partial charge in [0.05, 0.1) is 6.54 Å². The van der Waals surface area contributed by atoms with Gasteiger partial charge in [-0.3, -0.25) is 14.2 Å². The second-order valence-corrected chi connectivity index (χ2v) is 7.64. The van der Waals surface area contributed by atoms with Crippen LogP contribution in [0.15, 0.2) is 23.1 Å². The average Bonchev–Trinajstić information content (AvgIpc) is 2.62. The fraction of sp³-hybridized carbons (Fsp3) is 0.500. The second-order valence-electron chi connectivity index (χ2n) is 7.64. The van der Waals surface area contributed by atoms with Gasteiger partial charge in [-0.05, 0) is 38.3 Å². The zero-order valence-corrected chi connectivity index (χ0v) is 17.0. The van der Waals surface area contributed by atoms with Crippen LogP contribution in [0.5, 0.6) is 0 Å². The zero-order chi connectivity index (χ0) is 21.9. The molecule has 1 aliphatic rings. The molecule has 2 aromatic rings. The molecule has 0 spiro atoms. The molecule has 1 fully saturated rings. The molecule has 10 heteroatoms. The average molecular weight is 420 g/mol. The van der Waals surface area contributed by atoms with E-state index in [2.05, 4.69) is 20.6 Å². The summed E-state index contributed by atoms with van der Waals surface area (Å²) in [6.07, 6.45) is 3.16. The summed E-state index contributed by atoms with van der Waals surface area (Å²) >= 11 is 0. The SMILES string of the molecule is Cc1nc(N)ccc1CNC(=O)Cn1c(C)cnc(NCC(F)(F)C2CCC2)c1=O. The number of hydrogen-bond donors (Lipinski definition) is 3. The van der Waals surface area contributed by atoms with E-state index in [1.54, 1.807) is 26.0 Å². The third kappa shape index (κ3) is 4.92. The molecule has 0 aromatic carbocycles. The van der Waals surface area contributed by atoms with E-state index in [0.717, 1.165) is 12.0 Å². The highest BCUT2D eigenvalue weighted by Crippen LogP contribution is 2.39. The Labute approximate surface area is 172 Å². The van der Waals surface area contributed by atoms with E-state index in [0.29, 0.717) is 30.0 Å². The van der Waals surface area contributed by atoms with Crippen LogP contribution in [0.2, 0.25) is 0 Å². The molecule has 162 valence electrons. The first-order valence-electron chi connectivity index (χ1n) is 9.84. The molecule has 0 saturated heterocycles. The third-order valence-corrected chi connectivity index (χ3v) is 5.44. The number of alkyl halides is 2. The lowest BCUT2D eigenvalue weighted by molar-refractivity contribution is -0.121. The van der Waals surface area contributed by atoms with Gasteiger partial charge in [0.15, 0.2) is 5.82 Å². The van der Waals surface area contributed by atoms with E-state index in [4.69, 9.17) is 5.73 Å². The van der Waals surface area contributed by atoms with Crippen LogP contribution in [0.1, 0.15) is 36.2 Å². The Morgan fingerprint density at radius 3 is 2.70 bits per heavy atom. The van der Waals surface area contributed by atoms with Crippen molar-refractivity contribution in [3.05, 3.63) is 45.6 Å². The Balaban J connectivity index is 1.64. The molecule has 30 heavy (non-hydrogen) atoms. The molecule has 1 aliphatic carbocycles. The molecule has 2 aromatic heterocycles. The van der Waals surface area contributed by atoms with Crippen molar-refractivity contribution in [2.75, 3.05) is 17.6 Å². The van der Waals surface area contributed by atoms with Gasteiger partial charge in [0.2, 0.25) is 5.91 Å². The summed E-state index contributed by atoms with van der Waals surface area (Å²) < 4.78 is 29.4. The predicted octanol–water partition coefficient (Wildman–Crippen LogP) is 2.00. The molecule has 3 rings (SSSR count). The predicted molar refractivity (Wildman–Crippen MR) is 109 cm³/mol. The maximum absolute atomic E-state index is 14.1. The van der Waals surface area contributed by atoms with Crippen LogP contribution in [0.4, 0.5) is 20.4 Å². The molecule has 0 bridgehead atoms. The summed E-state index contributed by atoms with van der Waals surface area (Å²) in [7, 11) is 0. The lowest BCUT2D eigenvalue weighted by atomic mass is 9.80. The van der Waals surface area contributed by atoms with E-state index in [1.165, 1.54) is 10.8 Å². The lowest BCUT2D eigenvalue weighted by Crippen LogP contribution is -2.41. The molecular weight excluding hydrogens is 394 g/mol. The van der Waals surface area contributed by atoms with E-state index in [1.807, 2.05) is 0 Å². The number of aromatic nitrogens is 3. The van der Waals surface area contributed by atoms with Gasteiger partial charge in [-0.1, -0.05) is 12.5 Å². The second kappa shape index (κ2) is 8.76. The summed E-state index contributed by atoms with van der Waals surface area (Å²) in [5.74, 6) is -3.75. The highest BCUT2D eigenvalue weighted by Gasteiger charge is 2.42. The molecule has 2 heterocycles. The smallest absolute Gasteiger partial charge is 0.293 e. The Morgan fingerprint density at radius 2 is 2.07 bits per heavy atom. The van der Waals surface area contributed by atoms with Crippen LogP contribution in [-0.2, 0) is 17.9 Å². The van der Waals surface area contributed by atoms with Crippen LogP contribution in [0.25, 0.3) is 0 Å². The van der Waals surface area contributed by atoms with Gasteiger partial charge in [-0.25, -0.2) is 18.7 Å². The van der Waals surface area contributed by atoms with Crippen LogP contribution in [0.3, 0.4) is 0 Å². The van der Waals surface area contributed by atoms with Crippen molar-refractivity contribution in [1.82, 2.24) is 19.9 Å². The van der Waals surface area contributed by atoms with Crippen molar-refractivity contribution in [3.63, 3.8) is 0 Å². The number of amides is 1. The van der Waals surface area contributed by atoms with Crippen LogP contribution >= 0.6 is 0 Å². The number of hydrogen-bond acceptors (Lipinski definition) is 6. The topological polar surface area (TPSA) is 115 Å². The van der Waals surface area contributed by atoms with Gasteiger partial charge < -0.3 is 16.4 Å². The summed E-state index contributed by atoms with van der Waals surface area (Å²) in [5, 5.41) is 5.20. The van der Waals surface area contributed by atoms with Crippen molar-refractivity contribution in [2.24, 2.45) is 5.92 Å². The van der Waals surface area contributed by atoms with Gasteiger partial charge in [-0.15, -0.1) is 0 Å². The molecule has 0 atom stereocenters. The number of nitrogen functional groups attached to an aromatic ring is 1. The van der Waals surface area contributed by atoms with Crippen molar-refractivity contribution in [3.8, 4) is 0 Å². The number of carbonyl (C=O) groups is 1. The van der Waals surface area contributed by atoms with Crippen molar-refractivity contribution >= 4 is 17.5 Å². The first-order chi connectivity index (χ1) is 14.2. The standard InChI is InChI=1S/C20H26F2N6O2/c1-12-8-25-18(26-11-20(21,22)15-4-3-5-15)19(30)28(12)10-17(29)24-9-14-6-7-16(23)27-13(14)2/h6-8,15H,3-5,9-11H2,1-2H3,(H2,23,27)(H,24,29)(H,25,26). The molecular formula is C20H26F2N6O2. The van der Waals surface area contributed by atoms with Crippen LogP contribution in [0, 0.1) is 19.8 Å². The normalized spacial score (nSPS) is 14.3. The minimum atomic E-state index is -2.90. The molecule has 1 saturated carbocycles. The number of nitrogens with two attached hydrogens (primary N) is 1. The maximum atomic E-state index is 14.1. The van der Waals surface area contributed by atoms with Gasteiger partial charge in [-0.2, -0.15) is 0 Å². The Bertz CT molecular complexity index is 988. The van der Waals surface area contributed by atoms with Crippen molar-refractivity contribution < 1.29 is 13.6 Å². The first kappa shape index (κ1) is 21.7. The number of halogens is 2. The zero-order valence-electron chi connectivity index (χ0n) is 17.0. The van der Waals surface area contributed by atoms with Crippen molar-refractivity contribution in [1.29, 1.82) is 0 Å². The molecule has 8 nitrogen and oxygen atoms in total. The van der Waals surface area contributed by atoms with Crippen LogP contribution in [-0.4, -0.2) is 32.9 Å². The quantitative estimate of drug-likeness (QED) is 0.602.